The second-order valence-corrected chi connectivity index (χ2v) is 10.2. The fourth-order valence-electron chi connectivity index (χ4n) is 5.58. The van der Waals surface area contributed by atoms with Crippen molar-refractivity contribution in [1.29, 1.82) is 0 Å². The first-order valence-corrected chi connectivity index (χ1v) is 12.9. The average Bonchev–Trinajstić information content (AvgIpc) is 3.44. The summed E-state index contributed by atoms with van der Waals surface area (Å²) in [6.45, 7) is 8.62. The number of aromatic nitrogens is 3. The standard InChI is InChI=1S/C32H31N5O/c1-21-10-8-11-25(17-21)30-29-14-9-15-35(29)31-28(24(4)34-37(31)27-12-6-5-7-13-27)20-36(30)32(38)33-26-18-22(2)16-23(3)19-26/h5-19,30H,20H2,1-4H3,(H,33,38)/t30-/m0/s1. The number of para-hydroxylation sites is 1. The van der Waals surface area contributed by atoms with E-state index in [2.05, 4.69) is 71.5 Å². The van der Waals surface area contributed by atoms with Crippen molar-refractivity contribution in [2.24, 2.45) is 0 Å². The van der Waals surface area contributed by atoms with E-state index in [1.807, 2.05) is 66.8 Å². The zero-order valence-corrected chi connectivity index (χ0v) is 22.1. The minimum atomic E-state index is -0.285. The van der Waals surface area contributed by atoms with Crippen LogP contribution in [0.25, 0.3) is 11.5 Å². The number of nitrogens with zero attached hydrogens (tertiary/aromatic N) is 4. The van der Waals surface area contributed by atoms with Crippen LogP contribution in [0, 0.1) is 27.7 Å². The molecule has 0 saturated heterocycles. The number of rotatable bonds is 3. The van der Waals surface area contributed by atoms with E-state index in [0.717, 1.165) is 56.4 Å². The van der Waals surface area contributed by atoms with E-state index in [-0.39, 0.29) is 12.1 Å². The Hall–Kier alpha value is -4.58. The molecule has 6 heteroatoms. The molecule has 0 bridgehead atoms. The highest BCUT2D eigenvalue weighted by Crippen LogP contribution is 2.39. The van der Waals surface area contributed by atoms with Crippen molar-refractivity contribution in [1.82, 2.24) is 19.2 Å². The fourth-order valence-corrected chi connectivity index (χ4v) is 5.58. The Kier molecular flexibility index (Phi) is 5.87. The maximum absolute atomic E-state index is 14.1. The highest BCUT2D eigenvalue weighted by atomic mass is 16.2. The van der Waals surface area contributed by atoms with Gasteiger partial charge in [-0.3, -0.25) is 0 Å². The first-order valence-electron chi connectivity index (χ1n) is 12.9. The van der Waals surface area contributed by atoms with Crippen molar-refractivity contribution in [3.05, 3.63) is 130 Å². The Labute approximate surface area is 223 Å². The molecule has 6 nitrogen and oxygen atoms in total. The molecule has 1 atom stereocenters. The van der Waals surface area contributed by atoms with Gasteiger partial charge in [0, 0.05) is 17.4 Å². The lowest BCUT2D eigenvalue weighted by atomic mass is 10.00. The molecular weight excluding hydrogens is 470 g/mol. The van der Waals surface area contributed by atoms with Crippen molar-refractivity contribution in [2.75, 3.05) is 5.32 Å². The molecule has 190 valence electrons. The van der Waals surface area contributed by atoms with Crippen LogP contribution in [-0.4, -0.2) is 25.3 Å². The number of amides is 2. The summed E-state index contributed by atoms with van der Waals surface area (Å²) in [7, 11) is 0. The lowest BCUT2D eigenvalue weighted by Crippen LogP contribution is -2.38. The highest BCUT2D eigenvalue weighted by Gasteiger charge is 2.36. The van der Waals surface area contributed by atoms with Gasteiger partial charge >= 0.3 is 6.03 Å². The number of hydrogen-bond acceptors (Lipinski definition) is 2. The number of urea groups is 1. The van der Waals surface area contributed by atoms with Gasteiger partial charge in [-0.15, -0.1) is 0 Å². The Morgan fingerprint density at radius 3 is 2.34 bits per heavy atom. The summed E-state index contributed by atoms with van der Waals surface area (Å²) in [5.41, 5.74) is 9.18. The smallest absolute Gasteiger partial charge is 0.308 e. The minimum Gasteiger partial charge on any atom is -0.308 e. The molecule has 1 aliphatic rings. The van der Waals surface area contributed by atoms with E-state index in [1.165, 1.54) is 0 Å². The van der Waals surface area contributed by atoms with Gasteiger partial charge in [0.15, 0.2) is 0 Å². The SMILES string of the molecule is Cc1cc(C)cc(NC(=O)N2Cc3c(C)nn(-c4ccccc4)c3-n3cccc3[C@@H]2c2cccc(C)c2)c1. The van der Waals surface area contributed by atoms with Gasteiger partial charge < -0.3 is 14.8 Å². The Balaban J connectivity index is 1.54. The predicted molar refractivity (Wildman–Crippen MR) is 151 cm³/mol. The van der Waals surface area contributed by atoms with Crippen molar-refractivity contribution >= 4 is 11.7 Å². The maximum Gasteiger partial charge on any atom is 0.322 e. The number of hydrogen-bond donors (Lipinski definition) is 1. The fraction of sp³-hybridized carbons (Fsp3) is 0.188. The number of carbonyl (C=O) groups is 1. The van der Waals surface area contributed by atoms with Crippen molar-refractivity contribution in [2.45, 2.75) is 40.3 Å². The number of anilines is 1. The molecule has 1 aliphatic heterocycles. The van der Waals surface area contributed by atoms with Gasteiger partial charge in [0.05, 0.1) is 29.7 Å². The Bertz CT molecular complexity index is 1630. The molecule has 0 unspecified atom stereocenters. The van der Waals surface area contributed by atoms with Gasteiger partial charge in [0.2, 0.25) is 0 Å². The van der Waals surface area contributed by atoms with Gasteiger partial charge in [-0.25, -0.2) is 9.48 Å². The van der Waals surface area contributed by atoms with Gasteiger partial charge in [0.25, 0.3) is 0 Å². The number of carbonyl (C=O) groups excluding carboxylic acids is 1. The summed E-state index contributed by atoms with van der Waals surface area (Å²) in [6.07, 6.45) is 2.07. The molecule has 0 spiro atoms. The quantitative estimate of drug-likeness (QED) is 0.288. The van der Waals surface area contributed by atoms with Crippen molar-refractivity contribution in [3.8, 4) is 11.5 Å². The van der Waals surface area contributed by atoms with Crippen LogP contribution in [0.3, 0.4) is 0 Å². The van der Waals surface area contributed by atoms with Crippen LogP contribution in [0.1, 0.15) is 45.2 Å². The molecule has 2 amide bonds. The molecule has 6 rings (SSSR count). The summed E-state index contributed by atoms with van der Waals surface area (Å²) >= 11 is 0. The topological polar surface area (TPSA) is 55.1 Å². The van der Waals surface area contributed by atoms with Gasteiger partial charge in [-0.2, -0.15) is 5.10 Å². The van der Waals surface area contributed by atoms with Gasteiger partial charge in [-0.1, -0.05) is 54.1 Å². The van der Waals surface area contributed by atoms with E-state index in [0.29, 0.717) is 6.54 Å². The van der Waals surface area contributed by atoms with Crippen LogP contribution in [0.4, 0.5) is 10.5 Å². The Morgan fingerprint density at radius 2 is 1.61 bits per heavy atom. The van der Waals surface area contributed by atoms with E-state index >= 15 is 0 Å². The third kappa shape index (κ3) is 4.18. The average molecular weight is 502 g/mol. The zero-order chi connectivity index (χ0) is 26.4. The summed E-state index contributed by atoms with van der Waals surface area (Å²) in [5, 5.41) is 8.13. The van der Waals surface area contributed by atoms with Crippen LogP contribution >= 0.6 is 0 Å². The largest absolute Gasteiger partial charge is 0.322 e. The monoisotopic (exact) mass is 501 g/mol. The molecule has 5 aromatic rings. The molecule has 2 aromatic heterocycles. The molecule has 0 aliphatic carbocycles. The van der Waals surface area contributed by atoms with Crippen LogP contribution in [0.2, 0.25) is 0 Å². The molecular formula is C32H31N5O. The van der Waals surface area contributed by atoms with Gasteiger partial charge in [-0.05, 0) is 80.8 Å². The summed E-state index contributed by atoms with van der Waals surface area (Å²) in [6, 6.07) is 28.5. The lowest BCUT2D eigenvalue weighted by Gasteiger charge is -2.31. The van der Waals surface area contributed by atoms with Crippen LogP contribution in [-0.2, 0) is 6.54 Å². The first kappa shape index (κ1) is 23.8. The first-order chi connectivity index (χ1) is 18.4. The van der Waals surface area contributed by atoms with Crippen LogP contribution in [0.15, 0.2) is 91.1 Å². The van der Waals surface area contributed by atoms with E-state index in [9.17, 15) is 4.79 Å². The summed E-state index contributed by atoms with van der Waals surface area (Å²) in [4.78, 5) is 16.1. The second kappa shape index (κ2) is 9.38. The molecule has 0 saturated carbocycles. The normalized spacial score (nSPS) is 14.5. The third-order valence-corrected chi connectivity index (χ3v) is 7.18. The zero-order valence-electron chi connectivity index (χ0n) is 22.1. The van der Waals surface area contributed by atoms with Crippen LogP contribution < -0.4 is 5.32 Å². The molecule has 0 radical (unpaired) electrons. The Morgan fingerprint density at radius 1 is 0.842 bits per heavy atom. The van der Waals surface area contributed by atoms with E-state index in [4.69, 9.17) is 5.10 Å². The molecule has 38 heavy (non-hydrogen) atoms. The highest BCUT2D eigenvalue weighted by molar-refractivity contribution is 5.90. The van der Waals surface area contributed by atoms with Crippen molar-refractivity contribution in [3.63, 3.8) is 0 Å². The summed E-state index contributed by atoms with van der Waals surface area (Å²) < 4.78 is 4.19. The number of fused-ring (bicyclic) bond motifs is 3. The molecule has 1 N–H and O–H groups in total. The number of aryl methyl sites for hydroxylation is 4. The third-order valence-electron chi connectivity index (χ3n) is 7.18. The second-order valence-electron chi connectivity index (χ2n) is 10.2. The van der Waals surface area contributed by atoms with E-state index < -0.39 is 0 Å². The molecule has 0 fully saturated rings. The lowest BCUT2D eigenvalue weighted by molar-refractivity contribution is 0.194. The number of nitrogens with one attached hydrogen (secondary N) is 1. The molecule has 3 aromatic carbocycles. The van der Waals surface area contributed by atoms with Crippen molar-refractivity contribution < 1.29 is 4.79 Å². The maximum atomic E-state index is 14.1. The van der Waals surface area contributed by atoms with Gasteiger partial charge in [0.1, 0.15) is 5.82 Å². The summed E-state index contributed by atoms with van der Waals surface area (Å²) in [5.74, 6) is 0.966. The van der Waals surface area contributed by atoms with E-state index in [1.54, 1.807) is 0 Å². The van der Waals surface area contributed by atoms with Crippen LogP contribution in [0.5, 0.6) is 0 Å². The minimum absolute atomic E-state index is 0.144. The predicted octanol–water partition coefficient (Wildman–Crippen LogP) is 7.03. The number of benzene rings is 3. The molecule has 3 heterocycles.